The van der Waals surface area contributed by atoms with Gasteiger partial charge in [-0.2, -0.15) is 0 Å². The Morgan fingerprint density at radius 1 is 0.806 bits per heavy atom. The third-order valence-electron chi connectivity index (χ3n) is 6.29. The van der Waals surface area contributed by atoms with E-state index in [0.717, 1.165) is 16.7 Å². The highest BCUT2D eigenvalue weighted by Gasteiger charge is 2.23. The standard InChI is InChI=1S/C28H27FO2/c1-2-28(30)31-19-20-3-5-21(6-4-20)22-7-9-23(10-8-22)24-11-13-25(14-12-24)26-15-17-27(29)18-16-26/h2-6,11-18,22-23H,1,7-10,19H2. The average Bonchev–Trinajstić information content (AvgIpc) is 2.83. The van der Waals surface area contributed by atoms with Crippen LogP contribution in [-0.2, 0) is 16.1 Å². The van der Waals surface area contributed by atoms with Crippen LogP contribution in [0.25, 0.3) is 11.1 Å². The van der Waals surface area contributed by atoms with Gasteiger partial charge in [0, 0.05) is 6.08 Å². The summed E-state index contributed by atoms with van der Waals surface area (Å²) in [6.07, 6.45) is 5.89. The molecule has 0 atom stereocenters. The van der Waals surface area contributed by atoms with Gasteiger partial charge in [-0.1, -0.05) is 67.2 Å². The van der Waals surface area contributed by atoms with Crippen molar-refractivity contribution in [2.45, 2.75) is 44.1 Å². The van der Waals surface area contributed by atoms with Crippen molar-refractivity contribution < 1.29 is 13.9 Å². The third kappa shape index (κ3) is 5.29. The molecule has 0 N–H and O–H groups in total. The Balaban J connectivity index is 1.32. The van der Waals surface area contributed by atoms with Gasteiger partial charge in [0.15, 0.2) is 0 Å². The highest BCUT2D eigenvalue weighted by atomic mass is 19.1. The second-order valence-electron chi connectivity index (χ2n) is 8.23. The second-order valence-corrected chi connectivity index (χ2v) is 8.23. The molecule has 1 aliphatic carbocycles. The summed E-state index contributed by atoms with van der Waals surface area (Å²) in [6, 6.07) is 23.8. The largest absolute Gasteiger partial charge is 0.458 e. The molecule has 3 aromatic carbocycles. The molecule has 1 fully saturated rings. The topological polar surface area (TPSA) is 26.3 Å². The number of carbonyl (C=O) groups is 1. The molecule has 2 nitrogen and oxygen atoms in total. The lowest BCUT2D eigenvalue weighted by molar-refractivity contribution is -0.138. The summed E-state index contributed by atoms with van der Waals surface area (Å²) < 4.78 is 18.2. The fourth-order valence-corrected chi connectivity index (χ4v) is 4.45. The van der Waals surface area contributed by atoms with Crippen LogP contribution in [0.1, 0.15) is 54.2 Å². The summed E-state index contributed by atoms with van der Waals surface area (Å²) >= 11 is 0. The maximum absolute atomic E-state index is 13.1. The third-order valence-corrected chi connectivity index (χ3v) is 6.29. The second kappa shape index (κ2) is 9.74. The molecular formula is C28H27FO2. The predicted molar refractivity (Wildman–Crippen MR) is 122 cm³/mol. The first kappa shape index (κ1) is 21.0. The summed E-state index contributed by atoms with van der Waals surface area (Å²) in [6.45, 7) is 3.69. The van der Waals surface area contributed by atoms with Crippen molar-refractivity contribution in [3.8, 4) is 11.1 Å². The molecule has 1 saturated carbocycles. The first-order chi connectivity index (χ1) is 15.1. The first-order valence-corrected chi connectivity index (χ1v) is 10.9. The van der Waals surface area contributed by atoms with Gasteiger partial charge in [-0.25, -0.2) is 9.18 Å². The number of benzene rings is 3. The molecule has 31 heavy (non-hydrogen) atoms. The highest BCUT2D eigenvalue weighted by molar-refractivity contribution is 5.81. The predicted octanol–water partition coefficient (Wildman–Crippen LogP) is 7.16. The van der Waals surface area contributed by atoms with Crippen LogP contribution < -0.4 is 0 Å². The van der Waals surface area contributed by atoms with Crippen molar-refractivity contribution in [3.05, 3.63) is 108 Å². The molecule has 3 heteroatoms. The minimum atomic E-state index is -0.395. The van der Waals surface area contributed by atoms with E-state index in [0.29, 0.717) is 11.8 Å². The maximum Gasteiger partial charge on any atom is 0.330 e. The number of carbonyl (C=O) groups excluding carboxylic acids is 1. The van der Waals surface area contributed by atoms with Crippen molar-refractivity contribution in [2.75, 3.05) is 0 Å². The van der Waals surface area contributed by atoms with Gasteiger partial charge in [0.05, 0.1) is 0 Å². The van der Waals surface area contributed by atoms with Crippen molar-refractivity contribution in [2.24, 2.45) is 0 Å². The Kier molecular flexibility index (Phi) is 6.61. The van der Waals surface area contributed by atoms with Crippen LogP contribution in [0, 0.1) is 5.82 Å². The Morgan fingerprint density at radius 3 is 1.74 bits per heavy atom. The van der Waals surface area contributed by atoms with Gasteiger partial charge in [0.2, 0.25) is 0 Å². The average molecular weight is 415 g/mol. The van der Waals surface area contributed by atoms with E-state index >= 15 is 0 Å². The molecule has 3 aromatic rings. The van der Waals surface area contributed by atoms with Gasteiger partial charge in [-0.15, -0.1) is 0 Å². The fourth-order valence-electron chi connectivity index (χ4n) is 4.45. The van der Waals surface area contributed by atoms with E-state index < -0.39 is 5.97 Å². The molecule has 0 radical (unpaired) electrons. The number of ether oxygens (including phenoxy) is 1. The molecule has 0 bridgehead atoms. The van der Waals surface area contributed by atoms with Crippen molar-refractivity contribution in [1.82, 2.24) is 0 Å². The summed E-state index contributed by atoms with van der Waals surface area (Å²) in [5, 5.41) is 0. The van der Waals surface area contributed by atoms with Crippen LogP contribution in [0.5, 0.6) is 0 Å². The lowest BCUT2D eigenvalue weighted by Crippen LogP contribution is -2.12. The number of esters is 1. The van der Waals surface area contributed by atoms with Crippen molar-refractivity contribution in [1.29, 1.82) is 0 Å². The van der Waals surface area contributed by atoms with Gasteiger partial charge < -0.3 is 4.74 Å². The summed E-state index contributed by atoms with van der Waals surface area (Å²) in [4.78, 5) is 11.2. The van der Waals surface area contributed by atoms with Crippen LogP contribution >= 0.6 is 0 Å². The summed E-state index contributed by atoms with van der Waals surface area (Å²) in [7, 11) is 0. The van der Waals surface area contributed by atoms with Gasteiger partial charge in [0.25, 0.3) is 0 Å². The summed E-state index contributed by atoms with van der Waals surface area (Å²) in [5.74, 6) is 0.576. The molecule has 0 amide bonds. The van der Waals surface area contributed by atoms with Crippen molar-refractivity contribution >= 4 is 5.97 Å². The van der Waals surface area contributed by atoms with E-state index in [-0.39, 0.29) is 12.4 Å². The molecule has 4 rings (SSSR count). The monoisotopic (exact) mass is 414 g/mol. The Hall–Kier alpha value is -3.20. The maximum atomic E-state index is 13.1. The Morgan fingerprint density at radius 2 is 1.26 bits per heavy atom. The number of hydrogen-bond donors (Lipinski definition) is 0. The number of hydrogen-bond acceptors (Lipinski definition) is 2. The van der Waals surface area contributed by atoms with E-state index in [1.165, 1.54) is 55.0 Å². The fraction of sp³-hybridized carbons (Fsp3) is 0.250. The SMILES string of the molecule is C=CC(=O)OCc1ccc(C2CCC(c3ccc(-c4ccc(F)cc4)cc3)CC2)cc1. The molecule has 0 aromatic heterocycles. The van der Waals surface area contributed by atoms with Crippen LogP contribution in [0.15, 0.2) is 85.5 Å². The van der Waals surface area contributed by atoms with E-state index in [9.17, 15) is 9.18 Å². The van der Waals surface area contributed by atoms with Gasteiger partial charge in [-0.05, 0) is 77.5 Å². The van der Waals surface area contributed by atoms with Crippen LogP contribution in [0.3, 0.4) is 0 Å². The highest BCUT2D eigenvalue weighted by Crippen LogP contribution is 2.40. The molecule has 0 heterocycles. The molecule has 158 valence electrons. The lowest BCUT2D eigenvalue weighted by Gasteiger charge is -2.29. The van der Waals surface area contributed by atoms with E-state index in [1.807, 2.05) is 24.3 Å². The van der Waals surface area contributed by atoms with Gasteiger partial charge >= 0.3 is 5.97 Å². The van der Waals surface area contributed by atoms with Crippen LogP contribution in [0.2, 0.25) is 0 Å². The summed E-state index contributed by atoms with van der Waals surface area (Å²) in [5.41, 5.74) is 5.91. The lowest BCUT2D eigenvalue weighted by atomic mass is 9.76. The first-order valence-electron chi connectivity index (χ1n) is 10.9. The minimum absolute atomic E-state index is 0.206. The smallest absolute Gasteiger partial charge is 0.330 e. The zero-order valence-corrected chi connectivity index (χ0v) is 17.6. The quantitative estimate of drug-likeness (QED) is 0.316. The van der Waals surface area contributed by atoms with Gasteiger partial charge in [-0.3, -0.25) is 0 Å². The van der Waals surface area contributed by atoms with Crippen LogP contribution in [-0.4, -0.2) is 5.97 Å². The number of rotatable bonds is 6. The Labute approximate surface area is 183 Å². The molecular weight excluding hydrogens is 387 g/mol. The molecule has 1 aliphatic rings. The van der Waals surface area contributed by atoms with E-state index in [1.54, 1.807) is 0 Å². The normalized spacial score (nSPS) is 18.4. The van der Waals surface area contributed by atoms with Crippen LogP contribution in [0.4, 0.5) is 4.39 Å². The molecule has 0 unspecified atom stereocenters. The number of halogens is 1. The molecule has 0 spiro atoms. The zero-order chi connectivity index (χ0) is 21.6. The Bertz CT molecular complexity index is 1010. The molecule has 0 saturated heterocycles. The zero-order valence-electron chi connectivity index (χ0n) is 17.6. The van der Waals surface area contributed by atoms with Crippen molar-refractivity contribution in [3.63, 3.8) is 0 Å². The van der Waals surface area contributed by atoms with E-state index in [4.69, 9.17) is 4.74 Å². The minimum Gasteiger partial charge on any atom is -0.458 e. The van der Waals surface area contributed by atoms with E-state index in [2.05, 4.69) is 43.0 Å². The molecule has 0 aliphatic heterocycles. The van der Waals surface area contributed by atoms with Gasteiger partial charge in [0.1, 0.15) is 12.4 Å².